The molecule has 0 aliphatic carbocycles. The van der Waals surface area contributed by atoms with Crippen molar-refractivity contribution >= 4 is 42.5 Å². The van der Waals surface area contributed by atoms with Crippen LogP contribution in [0.5, 0.6) is 0 Å². The maximum Gasteiger partial charge on any atom is 0.240 e. The third-order valence-electron chi connectivity index (χ3n) is 6.38. The molecule has 3 saturated heterocycles. The minimum atomic E-state index is -0.0122. The molecule has 0 saturated carbocycles. The largest absolute Gasteiger partial charge is 0.331 e. The number of likely N-dealkylation sites (tertiary alicyclic amines) is 1. The number of piperidine rings is 1. The average molecular weight is 486 g/mol. The summed E-state index contributed by atoms with van der Waals surface area (Å²) in [5.41, 5.74) is 1.01. The topological polar surface area (TPSA) is 79.2 Å². The van der Waals surface area contributed by atoms with Gasteiger partial charge in [0.15, 0.2) is 5.82 Å². The molecule has 0 radical (unpaired) electrons. The summed E-state index contributed by atoms with van der Waals surface area (Å²) in [4.78, 5) is 17.2. The molecule has 1 N–H and O–H groups in total. The number of carbonyl (C=O) groups excluding carboxylic acids is 1. The van der Waals surface area contributed by atoms with E-state index in [-0.39, 0.29) is 36.8 Å². The van der Waals surface area contributed by atoms with E-state index in [1.807, 2.05) is 51.7 Å². The Balaban J connectivity index is 0.00000136. The molecule has 11 heteroatoms. The Hall–Kier alpha value is -1.39. The van der Waals surface area contributed by atoms with Crippen molar-refractivity contribution in [3.63, 3.8) is 0 Å². The number of halogens is 2. The quantitative estimate of drug-likeness (QED) is 0.708. The number of benzene rings is 1. The van der Waals surface area contributed by atoms with Crippen LogP contribution in [0.3, 0.4) is 0 Å². The van der Waals surface area contributed by atoms with Gasteiger partial charge in [-0.15, -0.1) is 41.7 Å². The number of aromatic nitrogens is 4. The van der Waals surface area contributed by atoms with Gasteiger partial charge < -0.3 is 10.2 Å². The van der Waals surface area contributed by atoms with Gasteiger partial charge in [-0.1, -0.05) is 18.2 Å². The SMILES string of the molecule is Cl.Cl.O=C([C@@H]1C[C@H](N2CCC(c3nnnn3-c3ccccc3)CC2)CN1)N1CCSC1. The van der Waals surface area contributed by atoms with Crippen molar-refractivity contribution in [1.29, 1.82) is 0 Å². The number of thioether (sulfide) groups is 1. The molecule has 170 valence electrons. The maximum atomic E-state index is 12.7. The van der Waals surface area contributed by atoms with Crippen molar-refractivity contribution in [3.05, 3.63) is 36.2 Å². The fourth-order valence-corrected chi connectivity index (χ4v) is 5.67. The van der Waals surface area contributed by atoms with E-state index in [1.54, 1.807) is 0 Å². The molecule has 1 aromatic carbocycles. The van der Waals surface area contributed by atoms with Crippen LogP contribution in [-0.4, -0.2) is 85.8 Å². The highest BCUT2D eigenvalue weighted by Crippen LogP contribution is 2.30. The lowest BCUT2D eigenvalue weighted by molar-refractivity contribution is -0.131. The molecule has 0 bridgehead atoms. The summed E-state index contributed by atoms with van der Waals surface area (Å²) in [6, 6.07) is 10.5. The minimum absolute atomic E-state index is 0. The van der Waals surface area contributed by atoms with Gasteiger partial charge in [0.25, 0.3) is 0 Å². The number of tetrazole rings is 1. The van der Waals surface area contributed by atoms with E-state index < -0.39 is 0 Å². The third kappa shape index (κ3) is 5.17. The van der Waals surface area contributed by atoms with E-state index in [4.69, 9.17) is 0 Å². The zero-order chi connectivity index (χ0) is 19.6. The van der Waals surface area contributed by atoms with E-state index >= 15 is 0 Å². The molecule has 0 unspecified atom stereocenters. The summed E-state index contributed by atoms with van der Waals surface area (Å²) in [7, 11) is 0. The van der Waals surface area contributed by atoms with E-state index in [9.17, 15) is 4.79 Å². The van der Waals surface area contributed by atoms with Crippen molar-refractivity contribution in [2.45, 2.75) is 37.3 Å². The Labute approximate surface area is 199 Å². The molecule has 2 atom stereocenters. The lowest BCUT2D eigenvalue weighted by Crippen LogP contribution is -2.42. The molecule has 3 aliphatic rings. The van der Waals surface area contributed by atoms with Gasteiger partial charge in [-0.2, -0.15) is 4.68 Å². The van der Waals surface area contributed by atoms with Crippen LogP contribution in [0.25, 0.3) is 5.69 Å². The van der Waals surface area contributed by atoms with E-state index in [1.165, 1.54) is 0 Å². The van der Waals surface area contributed by atoms with Crippen LogP contribution in [0, 0.1) is 0 Å². The lowest BCUT2D eigenvalue weighted by Gasteiger charge is -2.35. The Morgan fingerprint density at radius 3 is 2.58 bits per heavy atom. The van der Waals surface area contributed by atoms with Crippen LogP contribution in [0.2, 0.25) is 0 Å². The summed E-state index contributed by atoms with van der Waals surface area (Å²) < 4.78 is 1.88. The summed E-state index contributed by atoms with van der Waals surface area (Å²) in [6.45, 7) is 3.86. The van der Waals surface area contributed by atoms with Gasteiger partial charge in [0.05, 0.1) is 17.6 Å². The van der Waals surface area contributed by atoms with Crippen LogP contribution < -0.4 is 5.32 Å². The van der Waals surface area contributed by atoms with Crippen LogP contribution >= 0.6 is 36.6 Å². The molecule has 1 aromatic heterocycles. The van der Waals surface area contributed by atoms with Crippen molar-refractivity contribution in [3.8, 4) is 5.69 Å². The number of amides is 1. The normalized spacial score (nSPS) is 24.6. The molecule has 1 amide bonds. The van der Waals surface area contributed by atoms with E-state index in [2.05, 4.69) is 25.7 Å². The number of rotatable bonds is 4. The first-order valence-corrected chi connectivity index (χ1v) is 11.6. The number of hydrogen-bond acceptors (Lipinski definition) is 7. The first kappa shape index (κ1) is 24.3. The fraction of sp³-hybridized carbons (Fsp3) is 0.600. The van der Waals surface area contributed by atoms with Gasteiger partial charge in [-0.05, 0) is 54.9 Å². The Morgan fingerprint density at radius 1 is 1.10 bits per heavy atom. The molecule has 5 rings (SSSR count). The molecular weight excluding hydrogens is 457 g/mol. The monoisotopic (exact) mass is 485 g/mol. The molecular formula is C20H29Cl2N7OS. The minimum Gasteiger partial charge on any atom is -0.331 e. The fourth-order valence-electron chi connectivity index (χ4n) is 4.72. The second-order valence-electron chi connectivity index (χ2n) is 8.08. The van der Waals surface area contributed by atoms with Crippen molar-refractivity contribution in [2.24, 2.45) is 0 Å². The molecule has 4 heterocycles. The Morgan fingerprint density at radius 2 is 1.87 bits per heavy atom. The predicted octanol–water partition coefficient (Wildman–Crippen LogP) is 1.95. The van der Waals surface area contributed by atoms with Crippen molar-refractivity contribution in [2.75, 3.05) is 37.8 Å². The number of hydrogen-bond donors (Lipinski definition) is 1. The second kappa shape index (κ2) is 11.0. The average Bonchev–Trinajstić information content (AvgIpc) is 3.56. The summed E-state index contributed by atoms with van der Waals surface area (Å²) in [5, 5.41) is 16.0. The first-order valence-electron chi connectivity index (χ1n) is 10.5. The molecule has 8 nitrogen and oxygen atoms in total. The Kier molecular flexibility index (Phi) is 8.58. The number of carbonyl (C=O) groups is 1. The summed E-state index contributed by atoms with van der Waals surface area (Å²) >= 11 is 1.85. The summed E-state index contributed by atoms with van der Waals surface area (Å²) in [5.74, 6) is 3.53. The molecule has 3 aliphatic heterocycles. The maximum absolute atomic E-state index is 12.7. The highest BCUT2D eigenvalue weighted by atomic mass is 35.5. The highest BCUT2D eigenvalue weighted by Gasteiger charge is 2.37. The van der Waals surface area contributed by atoms with Gasteiger partial charge >= 0.3 is 0 Å². The van der Waals surface area contributed by atoms with E-state index in [0.717, 1.165) is 68.6 Å². The second-order valence-corrected chi connectivity index (χ2v) is 9.16. The summed E-state index contributed by atoms with van der Waals surface area (Å²) in [6.07, 6.45) is 3.02. The van der Waals surface area contributed by atoms with Gasteiger partial charge in [-0.3, -0.25) is 9.69 Å². The molecule has 2 aromatic rings. The van der Waals surface area contributed by atoms with Crippen LogP contribution in [0.15, 0.2) is 30.3 Å². The molecule has 31 heavy (non-hydrogen) atoms. The lowest BCUT2D eigenvalue weighted by atomic mass is 9.94. The zero-order valence-electron chi connectivity index (χ0n) is 17.3. The predicted molar refractivity (Wildman–Crippen MR) is 126 cm³/mol. The zero-order valence-corrected chi connectivity index (χ0v) is 19.7. The number of nitrogens with zero attached hydrogens (tertiary/aromatic N) is 6. The van der Waals surface area contributed by atoms with Crippen molar-refractivity contribution in [1.82, 2.24) is 35.3 Å². The van der Waals surface area contributed by atoms with Gasteiger partial charge in [0.1, 0.15) is 0 Å². The highest BCUT2D eigenvalue weighted by molar-refractivity contribution is 7.99. The van der Waals surface area contributed by atoms with E-state index in [0.29, 0.717) is 12.0 Å². The van der Waals surface area contributed by atoms with Gasteiger partial charge in [0.2, 0.25) is 5.91 Å². The van der Waals surface area contributed by atoms with Gasteiger partial charge in [0, 0.05) is 30.8 Å². The molecule has 0 spiro atoms. The molecule has 3 fully saturated rings. The third-order valence-corrected chi connectivity index (χ3v) is 7.34. The van der Waals surface area contributed by atoms with Crippen LogP contribution in [0.4, 0.5) is 0 Å². The first-order chi connectivity index (χ1) is 14.3. The smallest absolute Gasteiger partial charge is 0.240 e. The van der Waals surface area contributed by atoms with Gasteiger partial charge in [-0.25, -0.2) is 0 Å². The number of para-hydroxylation sites is 1. The number of nitrogens with one attached hydrogen (secondary N) is 1. The van der Waals surface area contributed by atoms with Crippen molar-refractivity contribution < 1.29 is 4.79 Å². The van der Waals surface area contributed by atoms with Crippen LogP contribution in [-0.2, 0) is 4.79 Å². The Bertz CT molecular complexity index is 841. The standard InChI is InChI=1S/C20H27N7OS.2ClH/c28-20(26-10-11-29-14-26)18-12-17(13-21-18)25-8-6-15(7-9-25)19-22-23-24-27(19)16-4-2-1-3-5-16;;/h1-5,15,17-18,21H,6-14H2;2*1H/t17-,18-;;/m0../s1. The van der Waals surface area contributed by atoms with Crippen LogP contribution in [0.1, 0.15) is 31.0 Å².